The molecule has 1 N–H and O–H groups in total. The number of aromatic nitrogens is 3. The molecule has 1 aromatic heterocycles. The van der Waals surface area contributed by atoms with Gasteiger partial charge in [0, 0.05) is 19.5 Å². The maximum atomic E-state index is 11.9. The van der Waals surface area contributed by atoms with Crippen LogP contribution in [0.4, 0.5) is 0 Å². The van der Waals surface area contributed by atoms with Gasteiger partial charge in [-0.05, 0) is 12.8 Å². The van der Waals surface area contributed by atoms with E-state index in [1.807, 2.05) is 0 Å². The SMILES string of the molecule is O=C(O)C1CCN(C(=O)CCn2cncn2)CC1. The van der Waals surface area contributed by atoms with E-state index >= 15 is 0 Å². The highest BCUT2D eigenvalue weighted by atomic mass is 16.4. The minimum absolute atomic E-state index is 0.0503. The summed E-state index contributed by atoms with van der Waals surface area (Å²) in [4.78, 5) is 28.2. The lowest BCUT2D eigenvalue weighted by Crippen LogP contribution is -2.40. The zero-order valence-electron chi connectivity index (χ0n) is 10.0. The Balaban J connectivity index is 1.75. The van der Waals surface area contributed by atoms with E-state index in [0.29, 0.717) is 38.9 Å². The van der Waals surface area contributed by atoms with Gasteiger partial charge in [0.05, 0.1) is 12.5 Å². The second kappa shape index (κ2) is 5.61. The first-order valence-corrected chi connectivity index (χ1v) is 6.00. The summed E-state index contributed by atoms with van der Waals surface area (Å²) < 4.78 is 1.61. The van der Waals surface area contributed by atoms with Crippen molar-refractivity contribution < 1.29 is 14.7 Å². The first-order chi connectivity index (χ1) is 8.66. The smallest absolute Gasteiger partial charge is 0.306 e. The number of aliphatic carboxylic acids is 1. The van der Waals surface area contributed by atoms with Crippen molar-refractivity contribution in [1.82, 2.24) is 19.7 Å². The van der Waals surface area contributed by atoms with Crippen LogP contribution in [0.3, 0.4) is 0 Å². The zero-order chi connectivity index (χ0) is 13.0. The standard InChI is InChI=1S/C11H16N4O3/c16-10(3-6-15-8-12-7-13-15)14-4-1-9(2-5-14)11(17)18/h7-9H,1-6H2,(H,17,18). The predicted octanol–water partition coefficient (Wildman–Crippen LogP) is -0.00860. The van der Waals surface area contributed by atoms with E-state index in [-0.39, 0.29) is 11.8 Å². The topological polar surface area (TPSA) is 88.3 Å². The molecule has 0 saturated carbocycles. The number of carboxylic acid groups (broad SMARTS) is 1. The molecule has 0 atom stereocenters. The van der Waals surface area contributed by atoms with Crippen LogP contribution < -0.4 is 0 Å². The molecule has 0 aliphatic carbocycles. The van der Waals surface area contributed by atoms with Crippen molar-refractivity contribution in [3.8, 4) is 0 Å². The molecule has 2 heterocycles. The molecule has 1 aliphatic rings. The van der Waals surface area contributed by atoms with Gasteiger partial charge in [-0.2, -0.15) is 5.10 Å². The minimum atomic E-state index is -0.760. The Morgan fingerprint density at radius 1 is 1.33 bits per heavy atom. The number of carbonyl (C=O) groups is 2. The fourth-order valence-corrected chi connectivity index (χ4v) is 2.09. The minimum Gasteiger partial charge on any atom is -0.481 e. The van der Waals surface area contributed by atoms with Crippen LogP contribution in [-0.2, 0) is 16.1 Å². The third-order valence-electron chi connectivity index (χ3n) is 3.22. The van der Waals surface area contributed by atoms with Crippen LogP contribution in [0.5, 0.6) is 0 Å². The molecule has 1 aromatic rings. The maximum absolute atomic E-state index is 11.9. The highest BCUT2D eigenvalue weighted by molar-refractivity contribution is 5.77. The van der Waals surface area contributed by atoms with Crippen LogP contribution in [0.15, 0.2) is 12.7 Å². The summed E-state index contributed by atoms with van der Waals surface area (Å²) in [6, 6.07) is 0. The number of piperidine rings is 1. The van der Waals surface area contributed by atoms with Crippen molar-refractivity contribution in [3.05, 3.63) is 12.7 Å². The number of hydrogen-bond donors (Lipinski definition) is 1. The van der Waals surface area contributed by atoms with Gasteiger partial charge in [0.25, 0.3) is 0 Å². The van der Waals surface area contributed by atoms with Gasteiger partial charge in [-0.1, -0.05) is 0 Å². The first-order valence-electron chi connectivity index (χ1n) is 6.00. The number of hydrogen-bond acceptors (Lipinski definition) is 4. The van der Waals surface area contributed by atoms with E-state index in [2.05, 4.69) is 10.1 Å². The Morgan fingerprint density at radius 2 is 2.06 bits per heavy atom. The van der Waals surface area contributed by atoms with Gasteiger partial charge in [0.2, 0.25) is 5.91 Å². The zero-order valence-corrected chi connectivity index (χ0v) is 10.0. The van der Waals surface area contributed by atoms with Gasteiger partial charge >= 0.3 is 5.97 Å². The van der Waals surface area contributed by atoms with Gasteiger partial charge in [0.1, 0.15) is 12.7 Å². The van der Waals surface area contributed by atoms with Crippen LogP contribution in [0.1, 0.15) is 19.3 Å². The lowest BCUT2D eigenvalue weighted by atomic mass is 9.97. The Kier molecular flexibility index (Phi) is 3.91. The summed E-state index contributed by atoms with van der Waals surface area (Å²) in [6.07, 6.45) is 4.47. The van der Waals surface area contributed by atoms with Gasteiger partial charge in [-0.25, -0.2) is 4.98 Å². The summed E-state index contributed by atoms with van der Waals surface area (Å²) in [7, 11) is 0. The molecule has 7 nitrogen and oxygen atoms in total. The van der Waals surface area contributed by atoms with Crippen molar-refractivity contribution in [3.63, 3.8) is 0 Å². The van der Waals surface area contributed by atoms with E-state index in [1.165, 1.54) is 6.33 Å². The second-order valence-corrected chi connectivity index (χ2v) is 4.40. The number of amides is 1. The second-order valence-electron chi connectivity index (χ2n) is 4.40. The molecule has 1 fully saturated rings. The number of aryl methyl sites for hydroxylation is 1. The first kappa shape index (κ1) is 12.5. The monoisotopic (exact) mass is 252 g/mol. The average Bonchev–Trinajstić information content (AvgIpc) is 2.89. The summed E-state index contributed by atoms with van der Waals surface area (Å²) >= 11 is 0. The van der Waals surface area contributed by atoms with E-state index in [4.69, 9.17) is 5.11 Å². The van der Waals surface area contributed by atoms with Gasteiger partial charge < -0.3 is 10.0 Å². The van der Waals surface area contributed by atoms with E-state index in [9.17, 15) is 9.59 Å². The van der Waals surface area contributed by atoms with Gasteiger partial charge in [0.15, 0.2) is 0 Å². The molecule has 1 aliphatic heterocycles. The van der Waals surface area contributed by atoms with E-state index < -0.39 is 5.97 Å². The molecule has 18 heavy (non-hydrogen) atoms. The molecule has 2 rings (SSSR count). The summed E-state index contributed by atoms with van der Waals surface area (Å²) in [5.41, 5.74) is 0. The quantitative estimate of drug-likeness (QED) is 0.814. The molecule has 0 spiro atoms. The molecule has 1 amide bonds. The number of carbonyl (C=O) groups excluding carboxylic acids is 1. The Morgan fingerprint density at radius 3 is 2.61 bits per heavy atom. The Labute approximate surface area is 104 Å². The van der Waals surface area contributed by atoms with Crippen LogP contribution in [0.25, 0.3) is 0 Å². The normalized spacial score (nSPS) is 16.8. The van der Waals surface area contributed by atoms with Crippen molar-refractivity contribution in [1.29, 1.82) is 0 Å². The fourth-order valence-electron chi connectivity index (χ4n) is 2.09. The molecule has 0 bridgehead atoms. The lowest BCUT2D eigenvalue weighted by Gasteiger charge is -2.30. The number of carboxylic acids is 1. The highest BCUT2D eigenvalue weighted by Crippen LogP contribution is 2.17. The summed E-state index contributed by atoms with van der Waals surface area (Å²) in [6.45, 7) is 1.58. The van der Waals surface area contributed by atoms with Crippen LogP contribution in [0.2, 0.25) is 0 Å². The molecule has 7 heteroatoms. The van der Waals surface area contributed by atoms with Crippen molar-refractivity contribution >= 4 is 11.9 Å². The average molecular weight is 252 g/mol. The van der Waals surface area contributed by atoms with Crippen LogP contribution in [-0.4, -0.2) is 49.7 Å². The highest BCUT2D eigenvalue weighted by Gasteiger charge is 2.26. The molecule has 98 valence electrons. The van der Waals surface area contributed by atoms with Crippen molar-refractivity contribution in [2.45, 2.75) is 25.8 Å². The molecule has 1 saturated heterocycles. The maximum Gasteiger partial charge on any atom is 0.306 e. The van der Waals surface area contributed by atoms with E-state index in [1.54, 1.807) is 15.9 Å². The molecule has 0 radical (unpaired) electrons. The lowest BCUT2D eigenvalue weighted by molar-refractivity contribution is -0.145. The van der Waals surface area contributed by atoms with Crippen LogP contribution >= 0.6 is 0 Å². The summed E-state index contributed by atoms with van der Waals surface area (Å²) in [5, 5.41) is 12.8. The van der Waals surface area contributed by atoms with Crippen LogP contribution in [0, 0.1) is 5.92 Å². The number of nitrogens with zero attached hydrogens (tertiary/aromatic N) is 4. The molecular formula is C11H16N4O3. The number of rotatable bonds is 4. The van der Waals surface area contributed by atoms with Crippen molar-refractivity contribution in [2.24, 2.45) is 5.92 Å². The van der Waals surface area contributed by atoms with Gasteiger partial charge in [-0.15, -0.1) is 0 Å². The largest absolute Gasteiger partial charge is 0.481 e. The van der Waals surface area contributed by atoms with E-state index in [0.717, 1.165) is 0 Å². The molecule has 0 unspecified atom stereocenters. The third-order valence-corrected chi connectivity index (χ3v) is 3.22. The summed E-state index contributed by atoms with van der Waals surface area (Å²) in [5.74, 6) is -1.01. The Bertz CT molecular complexity index is 410. The number of likely N-dealkylation sites (tertiary alicyclic amines) is 1. The van der Waals surface area contributed by atoms with Crippen molar-refractivity contribution in [2.75, 3.05) is 13.1 Å². The Hall–Kier alpha value is -1.92. The van der Waals surface area contributed by atoms with Gasteiger partial charge in [-0.3, -0.25) is 14.3 Å². The fraction of sp³-hybridized carbons (Fsp3) is 0.636. The molecular weight excluding hydrogens is 236 g/mol. The molecule has 0 aromatic carbocycles. The third kappa shape index (κ3) is 3.06. The predicted molar refractivity (Wildman–Crippen MR) is 61.6 cm³/mol.